The minimum Gasteiger partial charge on any atom is -0.467 e. The zero-order valence-electron chi connectivity index (χ0n) is 17.8. The van der Waals surface area contributed by atoms with E-state index >= 15 is 0 Å². The van der Waals surface area contributed by atoms with Crippen molar-refractivity contribution in [3.05, 3.63) is 94.7 Å². The minimum absolute atomic E-state index is 0.105. The molecule has 0 atom stereocenters. The van der Waals surface area contributed by atoms with Crippen LogP contribution in [0.5, 0.6) is 0 Å². The van der Waals surface area contributed by atoms with Crippen molar-refractivity contribution in [3.63, 3.8) is 0 Å². The highest BCUT2D eigenvalue weighted by Gasteiger charge is 2.17. The lowest BCUT2D eigenvalue weighted by molar-refractivity contribution is -0.145. The van der Waals surface area contributed by atoms with Crippen LogP contribution in [0.4, 0.5) is 4.39 Å². The Bertz CT molecular complexity index is 1470. The molecule has 0 unspecified atom stereocenters. The summed E-state index contributed by atoms with van der Waals surface area (Å²) in [5.41, 5.74) is 0.154. The largest absolute Gasteiger partial charge is 0.467 e. The molecule has 0 aliphatic heterocycles. The van der Waals surface area contributed by atoms with Gasteiger partial charge in [-0.2, -0.15) is 0 Å². The lowest BCUT2D eigenvalue weighted by atomic mass is 10.2. The lowest BCUT2D eigenvalue weighted by Gasteiger charge is -2.13. The zero-order valence-corrected chi connectivity index (χ0v) is 18.6. The van der Waals surface area contributed by atoms with Gasteiger partial charge in [-0.25, -0.2) is 22.5 Å². The van der Waals surface area contributed by atoms with Gasteiger partial charge in [0.2, 0.25) is 10.0 Å². The molecule has 9 nitrogen and oxygen atoms in total. The fourth-order valence-corrected chi connectivity index (χ4v) is 4.28. The number of fused-ring (bicyclic) bond motifs is 1. The minimum atomic E-state index is -3.90. The van der Waals surface area contributed by atoms with Gasteiger partial charge in [-0.3, -0.25) is 14.2 Å². The Kier molecular flexibility index (Phi) is 6.85. The first kappa shape index (κ1) is 23.3. The zero-order chi connectivity index (χ0) is 24.1. The van der Waals surface area contributed by atoms with E-state index in [2.05, 4.69) is 9.71 Å². The SMILES string of the molecule is O=C(CCNS(=O)(=O)c1ccc(F)cc1)OCc1nc2ccccc2c(=O)n1Cc1ccco1. The molecule has 0 saturated carbocycles. The molecule has 0 aliphatic rings. The van der Waals surface area contributed by atoms with Gasteiger partial charge in [0, 0.05) is 6.54 Å². The molecule has 0 spiro atoms. The number of carbonyl (C=O) groups is 1. The van der Waals surface area contributed by atoms with E-state index in [4.69, 9.17) is 9.15 Å². The molecule has 0 fully saturated rings. The highest BCUT2D eigenvalue weighted by atomic mass is 32.2. The van der Waals surface area contributed by atoms with Gasteiger partial charge < -0.3 is 9.15 Å². The van der Waals surface area contributed by atoms with Crippen molar-refractivity contribution in [2.75, 3.05) is 6.54 Å². The van der Waals surface area contributed by atoms with Gasteiger partial charge in [0.1, 0.15) is 18.2 Å². The van der Waals surface area contributed by atoms with Crippen LogP contribution < -0.4 is 10.3 Å². The summed E-state index contributed by atoms with van der Waals surface area (Å²) in [5, 5.41) is 0.416. The fraction of sp³-hybridized carbons (Fsp3) is 0.174. The highest BCUT2D eigenvalue weighted by Crippen LogP contribution is 2.12. The van der Waals surface area contributed by atoms with Gasteiger partial charge >= 0.3 is 5.97 Å². The first-order valence-corrected chi connectivity index (χ1v) is 11.7. The molecular formula is C23H20FN3O6S. The molecule has 2 aromatic carbocycles. The second-order valence-electron chi connectivity index (χ2n) is 7.28. The number of hydrogen-bond acceptors (Lipinski definition) is 7. The average molecular weight is 485 g/mol. The number of halogens is 1. The molecule has 11 heteroatoms. The molecule has 4 aromatic rings. The number of hydrogen-bond donors (Lipinski definition) is 1. The third-order valence-electron chi connectivity index (χ3n) is 4.94. The lowest BCUT2D eigenvalue weighted by Crippen LogP contribution is -2.28. The van der Waals surface area contributed by atoms with Crippen molar-refractivity contribution in [1.29, 1.82) is 0 Å². The van der Waals surface area contributed by atoms with Crippen molar-refractivity contribution in [3.8, 4) is 0 Å². The number of aromatic nitrogens is 2. The summed E-state index contributed by atoms with van der Waals surface area (Å²) >= 11 is 0. The van der Waals surface area contributed by atoms with Crippen LogP contribution in [-0.2, 0) is 32.7 Å². The maximum Gasteiger partial charge on any atom is 0.307 e. The summed E-state index contributed by atoms with van der Waals surface area (Å²) < 4.78 is 51.6. The van der Waals surface area contributed by atoms with E-state index in [0.29, 0.717) is 16.7 Å². The average Bonchev–Trinajstić information content (AvgIpc) is 3.33. The molecule has 0 amide bonds. The first-order chi connectivity index (χ1) is 16.3. The third-order valence-corrected chi connectivity index (χ3v) is 6.42. The van der Waals surface area contributed by atoms with Crippen LogP contribution in [0.1, 0.15) is 18.0 Å². The van der Waals surface area contributed by atoms with Gasteiger partial charge in [0.25, 0.3) is 5.56 Å². The number of sulfonamides is 1. The van der Waals surface area contributed by atoms with Crippen LogP contribution >= 0.6 is 0 Å². The van der Waals surface area contributed by atoms with Crippen LogP contribution in [0.3, 0.4) is 0 Å². The van der Waals surface area contributed by atoms with E-state index in [-0.39, 0.29) is 42.4 Å². The second kappa shape index (κ2) is 9.98. The molecular weight excluding hydrogens is 465 g/mol. The van der Waals surface area contributed by atoms with E-state index in [0.717, 1.165) is 24.3 Å². The Morgan fingerprint density at radius 3 is 2.59 bits per heavy atom. The Morgan fingerprint density at radius 2 is 1.85 bits per heavy atom. The summed E-state index contributed by atoms with van der Waals surface area (Å²) in [6.07, 6.45) is 1.23. The normalized spacial score (nSPS) is 11.6. The number of benzene rings is 2. The van der Waals surface area contributed by atoms with E-state index in [1.54, 1.807) is 36.4 Å². The van der Waals surface area contributed by atoms with E-state index < -0.39 is 21.8 Å². The van der Waals surface area contributed by atoms with Crippen LogP contribution in [0.25, 0.3) is 10.9 Å². The topological polar surface area (TPSA) is 121 Å². The van der Waals surface area contributed by atoms with Gasteiger partial charge in [0.15, 0.2) is 5.82 Å². The Labute approximate surface area is 193 Å². The van der Waals surface area contributed by atoms with Gasteiger partial charge in [0.05, 0.1) is 35.0 Å². The Balaban J connectivity index is 1.42. The number of furan rings is 1. The van der Waals surface area contributed by atoms with Crippen LogP contribution in [0, 0.1) is 5.82 Å². The van der Waals surface area contributed by atoms with E-state index in [9.17, 15) is 22.4 Å². The molecule has 34 heavy (non-hydrogen) atoms. The van der Waals surface area contributed by atoms with Crippen LogP contribution in [-0.4, -0.2) is 30.5 Å². The predicted molar refractivity (Wildman–Crippen MR) is 120 cm³/mol. The third kappa shape index (κ3) is 5.38. The summed E-state index contributed by atoms with van der Waals surface area (Å²) in [4.78, 5) is 29.6. The Morgan fingerprint density at radius 1 is 1.09 bits per heavy atom. The fourth-order valence-electron chi connectivity index (χ4n) is 3.25. The Hall–Kier alpha value is -3.83. The van der Waals surface area contributed by atoms with Crippen molar-refractivity contribution < 1.29 is 26.8 Å². The van der Waals surface area contributed by atoms with Crippen molar-refractivity contribution in [2.45, 2.75) is 24.5 Å². The molecule has 176 valence electrons. The summed E-state index contributed by atoms with van der Waals surface area (Å²) in [6.45, 7) is -0.402. The summed E-state index contributed by atoms with van der Waals surface area (Å²) in [7, 11) is -3.90. The van der Waals surface area contributed by atoms with E-state index in [1.807, 2.05) is 0 Å². The molecule has 0 saturated heterocycles. The number of esters is 1. The van der Waals surface area contributed by atoms with Crippen LogP contribution in [0.2, 0.25) is 0 Å². The number of ether oxygens (including phenoxy) is 1. The van der Waals surface area contributed by atoms with Gasteiger partial charge in [-0.15, -0.1) is 0 Å². The van der Waals surface area contributed by atoms with Gasteiger partial charge in [-0.1, -0.05) is 12.1 Å². The molecule has 0 aliphatic carbocycles. The van der Waals surface area contributed by atoms with Crippen LogP contribution in [0.15, 0.2) is 81.0 Å². The summed E-state index contributed by atoms with van der Waals surface area (Å²) in [5.74, 6) is -0.494. The number of para-hydroxylation sites is 1. The summed E-state index contributed by atoms with van der Waals surface area (Å²) in [6, 6.07) is 14.5. The maximum atomic E-state index is 13.0. The predicted octanol–water partition coefficient (Wildman–Crippen LogP) is 2.59. The molecule has 0 bridgehead atoms. The molecule has 0 radical (unpaired) electrons. The van der Waals surface area contributed by atoms with Crippen molar-refractivity contribution in [1.82, 2.24) is 14.3 Å². The first-order valence-electron chi connectivity index (χ1n) is 10.3. The number of carbonyl (C=O) groups excluding carboxylic acids is 1. The standard InChI is InChI=1S/C23H20FN3O6S/c24-16-7-9-18(10-8-16)34(30,31)25-12-11-22(28)33-15-21-26-20-6-2-1-5-19(20)23(29)27(21)14-17-4-3-13-32-17/h1-10,13,25H,11-12,14-15H2. The van der Waals surface area contributed by atoms with Crippen molar-refractivity contribution in [2.24, 2.45) is 0 Å². The number of rotatable bonds is 9. The quantitative estimate of drug-likeness (QED) is 0.362. The van der Waals surface area contributed by atoms with E-state index in [1.165, 1.54) is 10.8 Å². The second-order valence-corrected chi connectivity index (χ2v) is 9.05. The maximum absolute atomic E-state index is 13.0. The molecule has 2 heterocycles. The highest BCUT2D eigenvalue weighted by molar-refractivity contribution is 7.89. The number of nitrogens with one attached hydrogen (secondary N) is 1. The number of nitrogens with zero attached hydrogens (tertiary/aromatic N) is 2. The molecule has 4 rings (SSSR count). The van der Waals surface area contributed by atoms with Gasteiger partial charge in [-0.05, 0) is 48.5 Å². The molecule has 1 N–H and O–H groups in total. The van der Waals surface area contributed by atoms with Crippen molar-refractivity contribution >= 4 is 26.9 Å². The smallest absolute Gasteiger partial charge is 0.307 e. The molecule has 2 aromatic heterocycles. The monoisotopic (exact) mass is 485 g/mol.